The Morgan fingerprint density at radius 1 is 1.14 bits per heavy atom. The molecule has 0 spiro atoms. The summed E-state index contributed by atoms with van der Waals surface area (Å²) in [6.07, 6.45) is 4.85. The number of aryl methyl sites for hydroxylation is 1. The molecule has 1 aromatic carbocycles. The number of hydrogen-bond donors (Lipinski definition) is 1. The maximum absolute atomic E-state index is 12.2. The maximum Gasteiger partial charge on any atom is 0.258 e. The molecule has 22 heavy (non-hydrogen) atoms. The van der Waals surface area contributed by atoms with E-state index in [0.717, 1.165) is 5.56 Å². The highest BCUT2D eigenvalue weighted by atomic mass is 16.1. The molecule has 110 valence electrons. The third kappa shape index (κ3) is 3.20. The SMILES string of the molecule is Cc1ccc(Cn2nccc2NC(=O)c2cccnc2)cc1. The molecule has 1 N–H and O–H groups in total. The van der Waals surface area contributed by atoms with Gasteiger partial charge in [0.15, 0.2) is 0 Å². The van der Waals surface area contributed by atoms with Gasteiger partial charge in [0, 0.05) is 18.5 Å². The number of nitrogens with zero attached hydrogens (tertiary/aromatic N) is 3. The van der Waals surface area contributed by atoms with Crippen LogP contribution in [0.1, 0.15) is 21.5 Å². The standard InChI is InChI=1S/C17H16N4O/c1-13-4-6-14(7-5-13)12-21-16(8-10-19-21)20-17(22)15-3-2-9-18-11-15/h2-11H,12H2,1H3,(H,20,22). The molecular weight excluding hydrogens is 276 g/mol. The van der Waals surface area contributed by atoms with Crippen LogP contribution in [0.3, 0.4) is 0 Å². The first-order valence-electron chi connectivity index (χ1n) is 7.01. The Balaban J connectivity index is 1.75. The average Bonchev–Trinajstić information content (AvgIpc) is 2.97. The predicted octanol–water partition coefficient (Wildman–Crippen LogP) is 2.89. The second-order valence-electron chi connectivity index (χ2n) is 5.06. The molecule has 0 aliphatic heterocycles. The van der Waals surface area contributed by atoms with Crippen LogP contribution in [0.25, 0.3) is 0 Å². The van der Waals surface area contributed by atoms with Crippen LogP contribution in [-0.2, 0) is 6.54 Å². The summed E-state index contributed by atoms with van der Waals surface area (Å²) < 4.78 is 1.76. The van der Waals surface area contributed by atoms with Crippen molar-refractivity contribution in [2.24, 2.45) is 0 Å². The van der Waals surface area contributed by atoms with Gasteiger partial charge in [0.2, 0.25) is 0 Å². The van der Waals surface area contributed by atoms with Crippen molar-refractivity contribution in [3.05, 3.63) is 77.7 Å². The summed E-state index contributed by atoms with van der Waals surface area (Å²) in [4.78, 5) is 16.1. The first-order chi connectivity index (χ1) is 10.7. The highest BCUT2D eigenvalue weighted by Gasteiger charge is 2.09. The molecule has 3 rings (SSSR count). The Labute approximate surface area is 128 Å². The van der Waals surface area contributed by atoms with Gasteiger partial charge in [0.25, 0.3) is 5.91 Å². The second kappa shape index (κ2) is 6.22. The van der Waals surface area contributed by atoms with Gasteiger partial charge in [-0.05, 0) is 24.6 Å². The topological polar surface area (TPSA) is 59.8 Å². The van der Waals surface area contributed by atoms with Crippen LogP contribution in [0.2, 0.25) is 0 Å². The zero-order valence-corrected chi connectivity index (χ0v) is 12.2. The van der Waals surface area contributed by atoms with Gasteiger partial charge in [-0.15, -0.1) is 0 Å². The van der Waals surface area contributed by atoms with Crippen LogP contribution in [-0.4, -0.2) is 20.7 Å². The molecule has 0 aliphatic carbocycles. The predicted molar refractivity (Wildman–Crippen MR) is 84.7 cm³/mol. The molecule has 0 atom stereocenters. The van der Waals surface area contributed by atoms with Crippen molar-refractivity contribution in [3.8, 4) is 0 Å². The third-order valence-corrected chi connectivity index (χ3v) is 3.33. The molecule has 0 bridgehead atoms. The van der Waals surface area contributed by atoms with Crippen LogP contribution >= 0.6 is 0 Å². The summed E-state index contributed by atoms with van der Waals surface area (Å²) in [7, 11) is 0. The van der Waals surface area contributed by atoms with E-state index < -0.39 is 0 Å². The van der Waals surface area contributed by atoms with E-state index in [2.05, 4.69) is 46.6 Å². The van der Waals surface area contributed by atoms with E-state index in [0.29, 0.717) is 17.9 Å². The van der Waals surface area contributed by atoms with Gasteiger partial charge < -0.3 is 5.32 Å². The van der Waals surface area contributed by atoms with Crippen molar-refractivity contribution >= 4 is 11.7 Å². The number of anilines is 1. The Morgan fingerprint density at radius 2 is 1.95 bits per heavy atom. The fourth-order valence-electron chi connectivity index (χ4n) is 2.12. The largest absolute Gasteiger partial charge is 0.307 e. The van der Waals surface area contributed by atoms with E-state index in [-0.39, 0.29) is 5.91 Å². The lowest BCUT2D eigenvalue weighted by molar-refractivity contribution is 0.102. The van der Waals surface area contributed by atoms with Crippen molar-refractivity contribution in [1.29, 1.82) is 0 Å². The molecule has 0 radical (unpaired) electrons. The molecule has 0 unspecified atom stereocenters. The zero-order valence-electron chi connectivity index (χ0n) is 12.2. The molecule has 1 amide bonds. The highest BCUT2D eigenvalue weighted by molar-refractivity contribution is 6.03. The van der Waals surface area contributed by atoms with Gasteiger partial charge >= 0.3 is 0 Å². The van der Waals surface area contributed by atoms with Crippen LogP contribution < -0.4 is 5.32 Å². The molecule has 5 heteroatoms. The summed E-state index contributed by atoms with van der Waals surface area (Å²) in [6.45, 7) is 2.66. The van der Waals surface area contributed by atoms with Crippen LogP contribution in [0.4, 0.5) is 5.82 Å². The van der Waals surface area contributed by atoms with Crippen molar-refractivity contribution in [1.82, 2.24) is 14.8 Å². The van der Waals surface area contributed by atoms with Gasteiger partial charge in [-0.3, -0.25) is 9.78 Å². The molecule has 5 nitrogen and oxygen atoms in total. The number of benzene rings is 1. The van der Waals surface area contributed by atoms with E-state index in [1.807, 2.05) is 0 Å². The molecule has 2 aromatic heterocycles. The first kappa shape index (κ1) is 14.0. The van der Waals surface area contributed by atoms with E-state index in [9.17, 15) is 4.79 Å². The minimum Gasteiger partial charge on any atom is -0.307 e. The smallest absolute Gasteiger partial charge is 0.258 e. The maximum atomic E-state index is 12.2. The number of hydrogen-bond acceptors (Lipinski definition) is 3. The minimum absolute atomic E-state index is 0.196. The molecule has 0 aliphatic rings. The lowest BCUT2D eigenvalue weighted by atomic mass is 10.1. The zero-order chi connectivity index (χ0) is 15.4. The number of pyridine rings is 1. The second-order valence-corrected chi connectivity index (χ2v) is 5.06. The summed E-state index contributed by atoms with van der Waals surface area (Å²) in [5, 5.41) is 7.13. The summed E-state index contributed by atoms with van der Waals surface area (Å²) in [5.74, 6) is 0.466. The van der Waals surface area contributed by atoms with Gasteiger partial charge in [-0.2, -0.15) is 5.10 Å². The van der Waals surface area contributed by atoms with Gasteiger partial charge in [-0.1, -0.05) is 29.8 Å². The first-order valence-corrected chi connectivity index (χ1v) is 7.01. The lowest BCUT2D eigenvalue weighted by Crippen LogP contribution is -2.16. The van der Waals surface area contributed by atoms with Gasteiger partial charge in [0.05, 0.1) is 18.3 Å². The van der Waals surface area contributed by atoms with E-state index in [1.165, 1.54) is 11.8 Å². The molecule has 3 aromatic rings. The number of amides is 1. The normalized spacial score (nSPS) is 10.4. The number of rotatable bonds is 4. The Bertz CT molecular complexity index is 763. The van der Waals surface area contributed by atoms with E-state index in [1.54, 1.807) is 35.3 Å². The van der Waals surface area contributed by atoms with Crippen LogP contribution in [0.15, 0.2) is 61.1 Å². The summed E-state index contributed by atoms with van der Waals surface area (Å²) >= 11 is 0. The van der Waals surface area contributed by atoms with E-state index in [4.69, 9.17) is 0 Å². The van der Waals surface area contributed by atoms with Crippen LogP contribution in [0.5, 0.6) is 0 Å². The summed E-state index contributed by atoms with van der Waals surface area (Å²) in [6, 6.07) is 13.5. The summed E-state index contributed by atoms with van der Waals surface area (Å²) in [5.41, 5.74) is 2.87. The number of carbonyl (C=O) groups is 1. The van der Waals surface area contributed by atoms with Crippen molar-refractivity contribution in [3.63, 3.8) is 0 Å². The van der Waals surface area contributed by atoms with Crippen molar-refractivity contribution < 1.29 is 4.79 Å². The number of carbonyl (C=O) groups excluding carboxylic acids is 1. The molecular formula is C17H16N4O. The third-order valence-electron chi connectivity index (χ3n) is 3.33. The molecule has 0 saturated heterocycles. The molecule has 0 saturated carbocycles. The Hall–Kier alpha value is -2.95. The average molecular weight is 292 g/mol. The Kier molecular flexibility index (Phi) is 3.96. The quantitative estimate of drug-likeness (QED) is 0.804. The Morgan fingerprint density at radius 3 is 2.68 bits per heavy atom. The van der Waals surface area contributed by atoms with E-state index >= 15 is 0 Å². The van der Waals surface area contributed by atoms with Crippen molar-refractivity contribution in [2.45, 2.75) is 13.5 Å². The van der Waals surface area contributed by atoms with Gasteiger partial charge in [0.1, 0.15) is 5.82 Å². The molecule has 2 heterocycles. The number of nitrogens with one attached hydrogen (secondary N) is 1. The lowest BCUT2D eigenvalue weighted by Gasteiger charge is -2.09. The van der Waals surface area contributed by atoms with Crippen LogP contribution in [0, 0.1) is 6.92 Å². The van der Waals surface area contributed by atoms with Gasteiger partial charge in [-0.25, -0.2) is 4.68 Å². The molecule has 0 fully saturated rings. The highest BCUT2D eigenvalue weighted by Crippen LogP contribution is 2.12. The fraction of sp³-hybridized carbons (Fsp3) is 0.118. The monoisotopic (exact) mass is 292 g/mol. The number of aromatic nitrogens is 3. The van der Waals surface area contributed by atoms with Crippen molar-refractivity contribution in [2.75, 3.05) is 5.32 Å². The fourth-order valence-corrected chi connectivity index (χ4v) is 2.12. The minimum atomic E-state index is -0.196.